The van der Waals surface area contributed by atoms with Crippen molar-refractivity contribution in [1.82, 2.24) is 5.32 Å². The van der Waals surface area contributed by atoms with E-state index in [2.05, 4.69) is 21.2 Å². The molecule has 0 aromatic rings. The van der Waals surface area contributed by atoms with Crippen LogP contribution in [0.5, 0.6) is 0 Å². The van der Waals surface area contributed by atoms with Crippen LogP contribution in [0.25, 0.3) is 0 Å². The fourth-order valence-electron chi connectivity index (χ4n) is 1.03. The largest absolute Gasteiger partial charge is 0.480 e. The van der Waals surface area contributed by atoms with Crippen molar-refractivity contribution in [3.05, 3.63) is 0 Å². The lowest BCUT2D eigenvalue weighted by Crippen LogP contribution is -2.44. The van der Waals surface area contributed by atoms with Crippen LogP contribution >= 0.6 is 15.9 Å². The van der Waals surface area contributed by atoms with E-state index in [1.54, 1.807) is 0 Å². The summed E-state index contributed by atoms with van der Waals surface area (Å²) in [5.74, 6) is -0.737. The summed E-state index contributed by atoms with van der Waals surface area (Å²) in [6, 6.07) is -0.325. The molecule has 0 spiro atoms. The number of rotatable bonds is 1. The van der Waals surface area contributed by atoms with Crippen molar-refractivity contribution in [2.75, 3.05) is 6.54 Å². The first-order chi connectivity index (χ1) is 4.70. The quantitative estimate of drug-likeness (QED) is 0.620. The molecule has 0 radical (unpaired) electrons. The molecule has 1 fully saturated rings. The van der Waals surface area contributed by atoms with Gasteiger partial charge in [-0.3, -0.25) is 4.79 Å². The van der Waals surface area contributed by atoms with Gasteiger partial charge in [0.25, 0.3) is 0 Å². The zero-order chi connectivity index (χ0) is 7.56. The van der Waals surface area contributed by atoms with E-state index in [0.29, 0.717) is 4.83 Å². The third kappa shape index (κ3) is 1.95. The minimum absolute atomic E-state index is 0.325. The molecule has 0 saturated carbocycles. The third-order valence-corrected chi connectivity index (χ3v) is 2.43. The second-order valence-corrected chi connectivity index (χ2v) is 3.77. The molecule has 58 valence electrons. The number of aliphatic carboxylic acids is 1. The van der Waals surface area contributed by atoms with Gasteiger partial charge in [0.2, 0.25) is 0 Å². The standard InChI is InChI=1S/C6H10BrNO2/c7-4-1-2-5(6(9)10)8-3-4/h4-5,8H,1-3H2,(H,9,10). The van der Waals surface area contributed by atoms with Crippen molar-refractivity contribution >= 4 is 21.9 Å². The van der Waals surface area contributed by atoms with E-state index in [4.69, 9.17) is 5.11 Å². The molecular weight excluding hydrogens is 198 g/mol. The number of alkyl halides is 1. The predicted octanol–water partition coefficient (Wildman–Crippen LogP) is 0.586. The van der Waals surface area contributed by atoms with Gasteiger partial charge in [0.1, 0.15) is 6.04 Å². The van der Waals surface area contributed by atoms with Gasteiger partial charge in [-0.1, -0.05) is 15.9 Å². The van der Waals surface area contributed by atoms with E-state index in [-0.39, 0.29) is 6.04 Å². The average molecular weight is 208 g/mol. The molecule has 0 aliphatic carbocycles. The summed E-state index contributed by atoms with van der Waals surface area (Å²) in [5.41, 5.74) is 0. The average Bonchev–Trinajstić information content (AvgIpc) is 1.88. The molecule has 2 unspecified atom stereocenters. The van der Waals surface area contributed by atoms with Gasteiger partial charge in [-0.2, -0.15) is 0 Å². The van der Waals surface area contributed by atoms with Crippen LogP contribution < -0.4 is 5.32 Å². The van der Waals surface area contributed by atoms with Gasteiger partial charge in [0.15, 0.2) is 0 Å². The van der Waals surface area contributed by atoms with Gasteiger partial charge in [-0.15, -0.1) is 0 Å². The zero-order valence-corrected chi connectivity index (χ0v) is 7.10. The van der Waals surface area contributed by atoms with E-state index >= 15 is 0 Å². The number of carboxylic acid groups (broad SMARTS) is 1. The van der Waals surface area contributed by atoms with Crippen LogP contribution in [0.2, 0.25) is 0 Å². The molecule has 2 N–H and O–H groups in total. The Morgan fingerprint density at radius 1 is 1.60 bits per heavy atom. The Kier molecular flexibility index (Phi) is 2.68. The maximum atomic E-state index is 10.4. The lowest BCUT2D eigenvalue weighted by Gasteiger charge is -2.23. The Morgan fingerprint density at radius 2 is 2.30 bits per heavy atom. The summed E-state index contributed by atoms with van der Waals surface area (Å²) in [6.07, 6.45) is 1.68. The molecule has 0 amide bonds. The maximum absolute atomic E-state index is 10.4. The van der Waals surface area contributed by atoms with Crippen LogP contribution in [0, 0.1) is 0 Å². The second kappa shape index (κ2) is 3.34. The SMILES string of the molecule is O=C(O)C1CCC(Br)CN1. The Bertz CT molecular complexity index is 132. The molecule has 0 bridgehead atoms. The van der Waals surface area contributed by atoms with Crippen LogP contribution in [0.1, 0.15) is 12.8 Å². The summed E-state index contributed by atoms with van der Waals surface area (Å²) in [5, 5.41) is 11.5. The molecule has 10 heavy (non-hydrogen) atoms. The van der Waals surface area contributed by atoms with E-state index < -0.39 is 5.97 Å². The van der Waals surface area contributed by atoms with Crippen LogP contribution in [0.15, 0.2) is 0 Å². The van der Waals surface area contributed by atoms with Crippen molar-refractivity contribution in [2.45, 2.75) is 23.7 Å². The van der Waals surface area contributed by atoms with Gasteiger partial charge >= 0.3 is 5.97 Å². The van der Waals surface area contributed by atoms with Gasteiger partial charge in [0.05, 0.1) is 0 Å². The number of piperidine rings is 1. The van der Waals surface area contributed by atoms with Gasteiger partial charge in [-0.25, -0.2) is 0 Å². The summed E-state index contributed by atoms with van der Waals surface area (Å²) in [4.78, 5) is 10.8. The number of carboxylic acids is 1. The smallest absolute Gasteiger partial charge is 0.320 e. The van der Waals surface area contributed by atoms with Gasteiger partial charge in [0, 0.05) is 11.4 Å². The normalized spacial score (nSPS) is 33.7. The molecule has 1 aliphatic rings. The summed E-state index contributed by atoms with van der Waals surface area (Å²) >= 11 is 3.41. The van der Waals surface area contributed by atoms with E-state index in [0.717, 1.165) is 19.4 Å². The van der Waals surface area contributed by atoms with E-state index in [1.165, 1.54) is 0 Å². The molecule has 4 heteroatoms. The minimum atomic E-state index is -0.737. The summed E-state index contributed by atoms with van der Waals surface area (Å²) in [6.45, 7) is 0.761. The monoisotopic (exact) mass is 207 g/mol. The molecule has 2 atom stereocenters. The minimum Gasteiger partial charge on any atom is -0.480 e. The van der Waals surface area contributed by atoms with Crippen LogP contribution in [0.4, 0.5) is 0 Å². The van der Waals surface area contributed by atoms with Crippen molar-refractivity contribution in [3.63, 3.8) is 0 Å². The number of nitrogens with one attached hydrogen (secondary N) is 1. The zero-order valence-electron chi connectivity index (χ0n) is 5.51. The van der Waals surface area contributed by atoms with Crippen molar-refractivity contribution < 1.29 is 9.90 Å². The topological polar surface area (TPSA) is 49.3 Å². The second-order valence-electron chi connectivity index (χ2n) is 2.47. The first kappa shape index (κ1) is 8.01. The van der Waals surface area contributed by atoms with Crippen LogP contribution in [-0.2, 0) is 4.79 Å². The van der Waals surface area contributed by atoms with Crippen molar-refractivity contribution in [3.8, 4) is 0 Å². The Morgan fingerprint density at radius 3 is 2.70 bits per heavy atom. The molecule has 0 aromatic carbocycles. The Hall–Kier alpha value is -0.0900. The van der Waals surface area contributed by atoms with Gasteiger partial charge in [-0.05, 0) is 12.8 Å². The highest BCUT2D eigenvalue weighted by Gasteiger charge is 2.23. The predicted molar refractivity (Wildman–Crippen MR) is 41.4 cm³/mol. The fraction of sp³-hybridized carbons (Fsp3) is 0.833. The molecule has 0 aromatic heterocycles. The third-order valence-electron chi connectivity index (χ3n) is 1.65. The van der Waals surface area contributed by atoms with Crippen LogP contribution in [0.3, 0.4) is 0 Å². The molecule has 1 heterocycles. The number of hydrogen-bond acceptors (Lipinski definition) is 2. The Labute approximate surface area is 67.9 Å². The highest BCUT2D eigenvalue weighted by Crippen LogP contribution is 2.14. The molecule has 3 nitrogen and oxygen atoms in total. The maximum Gasteiger partial charge on any atom is 0.320 e. The highest BCUT2D eigenvalue weighted by atomic mass is 79.9. The number of halogens is 1. The van der Waals surface area contributed by atoms with E-state index in [1.807, 2.05) is 0 Å². The molecule has 1 saturated heterocycles. The van der Waals surface area contributed by atoms with Crippen molar-refractivity contribution in [1.29, 1.82) is 0 Å². The van der Waals surface area contributed by atoms with Crippen molar-refractivity contribution in [2.24, 2.45) is 0 Å². The van der Waals surface area contributed by atoms with Crippen LogP contribution in [-0.4, -0.2) is 28.5 Å². The lowest BCUT2D eigenvalue weighted by molar-refractivity contribution is -0.140. The summed E-state index contributed by atoms with van der Waals surface area (Å²) < 4.78 is 0. The molecular formula is C6H10BrNO2. The number of hydrogen-bond donors (Lipinski definition) is 2. The molecule has 1 aliphatic heterocycles. The first-order valence-electron chi connectivity index (χ1n) is 3.30. The number of carbonyl (C=O) groups is 1. The molecule has 1 rings (SSSR count). The lowest BCUT2D eigenvalue weighted by atomic mass is 10.1. The highest BCUT2D eigenvalue weighted by molar-refractivity contribution is 9.09. The first-order valence-corrected chi connectivity index (χ1v) is 4.22. The fourth-order valence-corrected chi connectivity index (χ4v) is 1.48. The Balaban J connectivity index is 2.33. The van der Waals surface area contributed by atoms with Gasteiger partial charge < -0.3 is 10.4 Å². The van der Waals surface area contributed by atoms with E-state index in [9.17, 15) is 4.79 Å². The summed E-state index contributed by atoms with van der Waals surface area (Å²) in [7, 11) is 0.